The van der Waals surface area contributed by atoms with Gasteiger partial charge in [-0.1, -0.05) is 28.1 Å². The number of carbonyl (C=O) groups is 1. The van der Waals surface area contributed by atoms with E-state index < -0.39 is 5.41 Å². The van der Waals surface area contributed by atoms with E-state index in [1.54, 1.807) is 0 Å². The first kappa shape index (κ1) is 14.5. The van der Waals surface area contributed by atoms with Crippen LogP contribution in [0.3, 0.4) is 0 Å². The Morgan fingerprint density at radius 1 is 1.42 bits per heavy atom. The number of hydrogen-bond acceptors (Lipinski definition) is 4. The van der Waals surface area contributed by atoms with Crippen LogP contribution in [0.15, 0.2) is 28.7 Å². The number of nitrogens with zero attached hydrogens (tertiary/aromatic N) is 1. The number of rotatable bonds is 5. The minimum atomic E-state index is -0.487. The summed E-state index contributed by atoms with van der Waals surface area (Å²) in [7, 11) is 3.43. The van der Waals surface area contributed by atoms with Gasteiger partial charge in [-0.25, -0.2) is 0 Å². The maximum Gasteiger partial charge on any atom is 0.317 e. The zero-order chi connectivity index (χ0) is 13.9. The number of hydrogen-bond donors (Lipinski definition) is 0. The van der Waals surface area contributed by atoms with Crippen LogP contribution >= 0.6 is 15.9 Å². The van der Waals surface area contributed by atoms with Crippen molar-refractivity contribution < 1.29 is 14.3 Å². The van der Waals surface area contributed by atoms with Crippen molar-refractivity contribution in [2.45, 2.75) is 6.54 Å². The lowest BCUT2D eigenvalue weighted by molar-refractivity contribution is -0.186. The molecule has 0 saturated carbocycles. The Bertz CT molecular complexity index is 443. The molecule has 1 aliphatic heterocycles. The van der Waals surface area contributed by atoms with Crippen LogP contribution in [-0.4, -0.2) is 44.8 Å². The average molecular weight is 328 g/mol. The molecule has 1 aromatic rings. The molecular formula is C14H18BrNO3. The highest BCUT2D eigenvalue weighted by molar-refractivity contribution is 9.10. The fourth-order valence-electron chi connectivity index (χ4n) is 2.31. The van der Waals surface area contributed by atoms with Gasteiger partial charge < -0.3 is 14.4 Å². The number of benzene rings is 1. The van der Waals surface area contributed by atoms with Gasteiger partial charge in [0.25, 0.3) is 0 Å². The Hall–Kier alpha value is -0.910. The van der Waals surface area contributed by atoms with Gasteiger partial charge in [-0.2, -0.15) is 0 Å². The number of esters is 1. The summed E-state index contributed by atoms with van der Waals surface area (Å²) in [6.07, 6.45) is 0. The molecule has 4 nitrogen and oxygen atoms in total. The molecule has 1 aliphatic rings. The van der Waals surface area contributed by atoms with E-state index in [9.17, 15) is 4.79 Å². The van der Waals surface area contributed by atoms with Gasteiger partial charge in [0.15, 0.2) is 0 Å². The number of carbonyl (C=O) groups excluding carboxylic acids is 1. The molecule has 0 atom stereocenters. The second kappa shape index (κ2) is 6.03. The van der Waals surface area contributed by atoms with Crippen molar-refractivity contribution in [3.63, 3.8) is 0 Å². The van der Waals surface area contributed by atoms with Crippen LogP contribution in [0, 0.1) is 5.41 Å². The Morgan fingerprint density at radius 2 is 2.05 bits per heavy atom. The van der Waals surface area contributed by atoms with Crippen LogP contribution in [0.25, 0.3) is 0 Å². The largest absolute Gasteiger partial charge is 0.468 e. The van der Waals surface area contributed by atoms with Crippen LogP contribution in [0.4, 0.5) is 0 Å². The van der Waals surface area contributed by atoms with Crippen LogP contribution in [0.2, 0.25) is 0 Å². The second-order valence-corrected chi connectivity index (χ2v) is 5.98. The van der Waals surface area contributed by atoms with Crippen molar-refractivity contribution in [1.29, 1.82) is 0 Å². The van der Waals surface area contributed by atoms with Crippen LogP contribution in [-0.2, 0) is 20.8 Å². The van der Waals surface area contributed by atoms with Gasteiger partial charge in [0.05, 0.1) is 20.3 Å². The highest BCUT2D eigenvalue weighted by Gasteiger charge is 2.47. The van der Waals surface area contributed by atoms with Crippen LogP contribution in [0.5, 0.6) is 0 Å². The van der Waals surface area contributed by atoms with Gasteiger partial charge in [0.2, 0.25) is 0 Å². The monoisotopic (exact) mass is 327 g/mol. The Balaban J connectivity index is 1.95. The van der Waals surface area contributed by atoms with Crippen molar-refractivity contribution in [1.82, 2.24) is 4.90 Å². The molecule has 2 rings (SSSR count). The quantitative estimate of drug-likeness (QED) is 0.776. The molecule has 0 aromatic heterocycles. The topological polar surface area (TPSA) is 38.8 Å². The van der Waals surface area contributed by atoms with Crippen molar-refractivity contribution >= 4 is 21.9 Å². The summed E-state index contributed by atoms with van der Waals surface area (Å²) in [5.41, 5.74) is 0.727. The van der Waals surface area contributed by atoms with E-state index in [1.165, 1.54) is 12.7 Å². The van der Waals surface area contributed by atoms with Crippen molar-refractivity contribution in [2.75, 3.05) is 33.9 Å². The molecule has 0 unspecified atom stereocenters. The maximum absolute atomic E-state index is 11.8. The van der Waals surface area contributed by atoms with Gasteiger partial charge in [-0.15, -0.1) is 0 Å². The fraction of sp³-hybridized carbons (Fsp3) is 0.500. The predicted octanol–water partition coefficient (Wildman–Crippen LogP) is 2.07. The average Bonchev–Trinajstić information content (AvgIpc) is 2.36. The van der Waals surface area contributed by atoms with E-state index >= 15 is 0 Å². The Kier molecular flexibility index (Phi) is 4.60. The molecule has 0 N–H and O–H groups in total. The number of ether oxygens (including phenoxy) is 2. The molecule has 0 amide bonds. The lowest BCUT2D eigenvalue weighted by Gasteiger charge is -2.41. The van der Waals surface area contributed by atoms with E-state index in [0.29, 0.717) is 19.8 Å². The summed E-state index contributed by atoms with van der Waals surface area (Å²) in [6.45, 7) is 2.34. The third kappa shape index (κ3) is 3.35. The minimum absolute atomic E-state index is 0.179. The first-order valence-corrected chi connectivity index (χ1v) is 6.94. The minimum Gasteiger partial charge on any atom is -0.468 e. The zero-order valence-electron chi connectivity index (χ0n) is 11.2. The molecule has 104 valence electrons. The third-order valence-electron chi connectivity index (χ3n) is 3.31. The Labute approximate surface area is 121 Å². The van der Waals surface area contributed by atoms with Crippen LogP contribution < -0.4 is 0 Å². The zero-order valence-corrected chi connectivity index (χ0v) is 12.8. The molecule has 1 saturated heterocycles. The molecule has 0 spiro atoms. The van der Waals surface area contributed by atoms with Gasteiger partial charge in [-0.05, 0) is 24.7 Å². The van der Waals surface area contributed by atoms with Crippen LogP contribution in [0.1, 0.15) is 5.56 Å². The first-order chi connectivity index (χ1) is 9.05. The Morgan fingerprint density at radius 3 is 2.53 bits per heavy atom. The molecule has 1 aromatic carbocycles. The summed E-state index contributed by atoms with van der Waals surface area (Å²) in [4.78, 5) is 13.9. The smallest absolute Gasteiger partial charge is 0.317 e. The van der Waals surface area contributed by atoms with Gasteiger partial charge in [-0.3, -0.25) is 4.79 Å². The van der Waals surface area contributed by atoms with Gasteiger partial charge in [0, 0.05) is 17.6 Å². The normalized spacial score (nSPS) is 17.1. The van der Waals surface area contributed by atoms with E-state index in [-0.39, 0.29) is 5.97 Å². The highest BCUT2D eigenvalue weighted by Crippen LogP contribution is 2.30. The summed E-state index contributed by atoms with van der Waals surface area (Å²) in [6, 6.07) is 8.18. The second-order valence-electron chi connectivity index (χ2n) is 5.06. The van der Waals surface area contributed by atoms with Gasteiger partial charge >= 0.3 is 5.97 Å². The number of methoxy groups -OCH3 is 1. The van der Waals surface area contributed by atoms with E-state index in [1.807, 2.05) is 19.2 Å². The maximum atomic E-state index is 11.8. The van der Waals surface area contributed by atoms with Crippen molar-refractivity contribution in [2.24, 2.45) is 5.41 Å². The summed E-state index contributed by atoms with van der Waals surface area (Å²) >= 11 is 3.42. The highest BCUT2D eigenvalue weighted by atomic mass is 79.9. The summed E-state index contributed by atoms with van der Waals surface area (Å²) in [5.74, 6) is -0.179. The lowest BCUT2D eigenvalue weighted by Crippen LogP contribution is -2.55. The first-order valence-electron chi connectivity index (χ1n) is 6.15. The molecule has 0 aliphatic carbocycles. The molecule has 19 heavy (non-hydrogen) atoms. The van der Waals surface area contributed by atoms with E-state index in [0.717, 1.165) is 11.0 Å². The molecule has 0 radical (unpaired) electrons. The molecule has 5 heteroatoms. The van der Waals surface area contributed by atoms with Crippen molar-refractivity contribution in [3.05, 3.63) is 34.3 Å². The molecule has 1 heterocycles. The number of halogens is 1. The van der Waals surface area contributed by atoms with Gasteiger partial charge in [0.1, 0.15) is 5.41 Å². The van der Waals surface area contributed by atoms with E-state index in [2.05, 4.69) is 33.0 Å². The standard InChI is InChI=1S/C14H18BrNO3/c1-16(7-11-3-5-12(15)6-4-11)8-14(9-19-10-14)13(17)18-2/h3-6H,7-10H2,1-2H3. The van der Waals surface area contributed by atoms with E-state index in [4.69, 9.17) is 9.47 Å². The SMILES string of the molecule is COC(=O)C1(CN(C)Cc2ccc(Br)cc2)COC1. The fourth-order valence-corrected chi connectivity index (χ4v) is 2.58. The summed E-state index contributed by atoms with van der Waals surface area (Å²) in [5, 5.41) is 0. The molecule has 0 bridgehead atoms. The molecular weight excluding hydrogens is 310 g/mol. The third-order valence-corrected chi connectivity index (χ3v) is 3.84. The lowest BCUT2D eigenvalue weighted by atomic mass is 9.85. The molecule has 1 fully saturated rings. The predicted molar refractivity (Wildman–Crippen MR) is 75.7 cm³/mol. The van der Waals surface area contributed by atoms with Crippen molar-refractivity contribution in [3.8, 4) is 0 Å². The summed E-state index contributed by atoms with van der Waals surface area (Å²) < 4.78 is 11.1.